The minimum Gasteiger partial charge on any atom is -0.325 e. The first-order valence-electron chi connectivity index (χ1n) is 4.88. The Balaban J connectivity index is 2.06. The monoisotopic (exact) mass is 213 g/mol. The molecule has 3 aliphatic rings. The minimum absolute atomic E-state index is 0.160. The summed E-state index contributed by atoms with van der Waals surface area (Å²) in [6.07, 6.45) is 1.92. The van der Waals surface area contributed by atoms with Gasteiger partial charge in [0.2, 0.25) is 0 Å². The largest absolute Gasteiger partial charge is 0.325 e. The van der Waals surface area contributed by atoms with Crippen molar-refractivity contribution >= 4 is 0 Å². The fourth-order valence-electron chi connectivity index (χ4n) is 3.09. The lowest BCUT2D eigenvalue weighted by atomic mass is 9.38. The molecule has 0 amide bonds. The van der Waals surface area contributed by atoms with E-state index in [0.717, 1.165) is 6.07 Å². The zero-order valence-corrected chi connectivity index (χ0v) is 7.99. The van der Waals surface area contributed by atoms with Gasteiger partial charge in [-0.3, -0.25) is 0 Å². The fraction of sp³-hybridized carbons (Fsp3) is 0.455. The van der Waals surface area contributed by atoms with Crippen molar-refractivity contribution in [2.45, 2.75) is 30.2 Å². The van der Waals surface area contributed by atoms with E-state index in [4.69, 9.17) is 5.73 Å². The van der Waals surface area contributed by atoms with Crippen molar-refractivity contribution in [2.24, 2.45) is 5.73 Å². The van der Waals surface area contributed by atoms with Gasteiger partial charge >= 0.3 is 0 Å². The average molecular weight is 213 g/mol. The molecule has 4 rings (SSSR count). The van der Waals surface area contributed by atoms with E-state index in [2.05, 4.69) is 0 Å². The average Bonchev–Trinajstić information content (AvgIpc) is 2.04. The molecular formula is C11H10F3N. The van der Waals surface area contributed by atoms with Gasteiger partial charge in [-0.05, 0) is 25.3 Å². The molecule has 1 nitrogen and oxygen atoms in total. The number of halogens is 3. The van der Waals surface area contributed by atoms with Crippen molar-refractivity contribution in [1.82, 2.24) is 0 Å². The summed E-state index contributed by atoms with van der Waals surface area (Å²) in [5.74, 6) is -2.75. The third kappa shape index (κ3) is 1.03. The number of benzene rings is 1. The van der Waals surface area contributed by atoms with Gasteiger partial charge in [0.1, 0.15) is 5.82 Å². The number of hydrogen-bond donors (Lipinski definition) is 1. The normalized spacial score (nSPS) is 37.1. The highest BCUT2D eigenvalue weighted by Crippen LogP contribution is 2.66. The predicted molar refractivity (Wildman–Crippen MR) is 48.8 cm³/mol. The predicted octanol–water partition coefficient (Wildman–Crippen LogP) is 2.24. The lowest BCUT2D eigenvalue weighted by Crippen LogP contribution is -2.74. The van der Waals surface area contributed by atoms with Gasteiger partial charge in [0.15, 0.2) is 11.6 Å². The molecule has 0 heterocycles. The van der Waals surface area contributed by atoms with E-state index in [1.807, 2.05) is 0 Å². The molecule has 0 radical (unpaired) electrons. The van der Waals surface area contributed by atoms with Crippen LogP contribution < -0.4 is 5.73 Å². The molecule has 0 aliphatic heterocycles. The van der Waals surface area contributed by atoms with Crippen LogP contribution in [0.15, 0.2) is 12.1 Å². The van der Waals surface area contributed by atoms with E-state index >= 15 is 0 Å². The van der Waals surface area contributed by atoms with E-state index in [0.29, 0.717) is 25.3 Å². The van der Waals surface area contributed by atoms with Crippen LogP contribution in [0.2, 0.25) is 0 Å². The van der Waals surface area contributed by atoms with E-state index < -0.39 is 17.5 Å². The topological polar surface area (TPSA) is 26.0 Å². The van der Waals surface area contributed by atoms with Crippen LogP contribution in [-0.2, 0) is 5.41 Å². The summed E-state index contributed by atoms with van der Waals surface area (Å²) in [6.45, 7) is 0. The van der Waals surface area contributed by atoms with Gasteiger partial charge in [-0.2, -0.15) is 0 Å². The van der Waals surface area contributed by atoms with Gasteiger partial charge in [-0.25, -0.2) is 13.2 Å². The van der Waals surface area contributed by atoms with Gasteiger partial charge < -0.3 is 5.73 Å². The Bertz CT molecular complexity index is 436. The molecule has 1 aromatic carbocycles. The van der Waals surface area contributed by atoms with Crippen LogP contribution in [0.4, 0.5) is 13.2 Å². The minimum atomic E-state index is -1.11. The van der Waals surface area contributed by atoms with Crippen molar-refractivity contribution in [3.63, 3.8) is 0 Å². The highest BCUT2D eigenvalue weighted by atomic mass is 19.2. The molecule has 4 heteroatoms. The lowest BCUT2D eigenvalue weighted by molar-refractivity contribution is -0.0617. The molecule has 3 fully saturated rings. The van der Waals surface area contributed by atoms with E-state index in [1.54, 1.807) is 0 Å². The summed E-state index contributed by atoms with van der Waals surface area (Å²) >= 11 is 0. The fourth-order valence-corrected chi connectivity index (χ4v) is 3.09. The second-order valence-corrected chi connectivity index (χ2v) is 4.92. The Labute approximate surface area is 85.1 Å². The lowest BCUT2D eigenvalue weighted by Gasteiger charge is -2.69. The van der Waals surface area contributed by atoms with Crippen molar-refractivity contribution < 1.29 is 13.2 Å². The first-order valence-corrected chi connectivity index (χ1v) is 4.88. The quantitative estimate of drug-likeness (QED) is 0.711. The number of nitrogens with two attached hydrogens (primary N) is 1. The molecule has 3 saturated carbocycles. The van der Waals surface area contributed by atoms with Crippen LogP contribution in [0.5, 0.6) is 0 Å². The highest BCUT2D eigenvalue weighted by Gasteiger charge is 2.67. The molecule has 15 heavy (non-hydrogen) atoms. The summed E-state index contributed by atoms with van der Waals surface area (Å²) in [5.41, 5.74) is 5.40. The molecule has 80 valence electrons. The molecule has 0 unspecified atom stereocenters. The van der Waals surface area contributed by atoms with Crippen LogP contribution in [0, 0.1) is 17.5 Å². The van der Waals surface area contributed by atoms with Gasteiger partial charge in [0.05, 0.1) is 0 Å². The first kappa shape index (κ1) is 9.21. The SMILES string of the molecule is NC12CC(c3cc(F)cc(F)c3F)(C1)C2. The zero-order chi connectivity index (χ0) is 10.8. The van der Waals surface area contributed by atoms with Crippen LogP contribution >= 0.6 is 0 Å². The molecule has 2 N–H and O–H groups in total. The van der Waals surface area contributed by atoms with Crippen molar-refractivity contribution in [1.29, 1.82) is 0 Å². The number of rotatable bonds is 1. The third-order valence-electron chi connectivity index (χ3n) is 3.64. The standard InChI is InChI=1S/C11H10F3N/c12-6-1-7(9(14)8(13)2-6)10-3-11(15,4-10)5-10/h1-2H,3-5,15H2. The maximum Gasteiger partial charge on any atom is 0.162 e. The van der Waals surface area contributed by atoms with Crippen LogP contribution in [0.3, 0.4) is 0 Å². The van der Waals surface area contributed by atoms with Gasteiger partial charge in [0, 0.05) is 22.6 Å². The molecular weight excluding hydrogens is 203 g/mol. The van der Waals surface area contributed by atoms with Gasteiger partial charge in [0.25, 0.3) is 0 Å². The van der Waals surface area contributed by atoms with Gasteiger partial charge in [-0.15, -0.1) is 0 Å². The Morgan fingerprint density at radius 2 is 1.67 bits per heavy atom. The van der Waals surface area contributed by atoms with E-state index in [9.17, 15) is 13.2 Å². The second kappa shape index (κ2) is 2.38. The summed E-state index contributed by atoms with van der Waals surface area (Å²) in [4.78, 5) is 0. The molecule has 3 aliphatic carbocycles. The summed E-state index contributed by atoms with van der Waals surface area (Å²) in [6, 6.07) is 1.67. The Kier molecular flexibility index (Phi) is 1.46. The summed E-state index contributed by atoms with van der Waals surface area (Å²) in [7, 11) is 0. The van der Waals surface area contributed by atoms with Crippen LogP contribution in [-0.4, -0.2) is 5.54 Å². The molecule has 0 spiro atoms. The molecule has 0 saturated heterocycles. The maximum atomic E-state index is 13.5. The van der Waals surface area contributed by atoms with Crippen LogP contribution in [0.25, 0.3) is 0 Å². The zero-order valence-electron chi connectivity index (χ0n) is 7.99. The first-order chi connectivity index (χ1) is 6.94. The van der Waals surface area contributed by atoms with Crippen molar-refractivity contribution in [2.75, 3.05) is 0 Å². The smallest absolute Gasteiger partial charge is 0.162 e. The molecule has 1 aromatic rings. The third-order valence-corrected chi connectivity index (χ3v) is 3.64. The molecule has 2 bridgehead atoms. The molecule has 0 atom stereocenters. The number of hydrogen-bond acceptors (Lipinski definition) is 1. The Morgan fingerprint density at radius 3 is 2.20 bits per heavy atom. The molecule has 0 aromatic heterocycles. The summed E-state index contributed by atoms with van der Waals surface area (Å²) < 4.78 is 39.4. The maximum absolute atomic E-state index is 13.5. The van der Waals surface area contributed by atoms with Gasteiger partial charge in [-0.1, -0.05) is 0 Å². The van der Waals surface area contributed by atoms with E-state index in [1.165, 1.54) is 0 Å². The van der Waals surface area contributed by atoms with E-state index in [-0.39, 0.29) is 16.5 Å². The van der Waals surface area contributed by atoms with Crippen LogP contribution in [0.1, 0.15) is 24.8 Å². The highest BCUT2D eigenvalue weighted by molar-refractivity contribution is 5.42. The van der Waals surface area contributed by atoms with Crippen molar-refractivity contribution in [3.05, 3.63) is 35.1 Å². The Morgan fingerprint density at radius 1 is 1.07 bits per heavy atom. The second-order valence-electron chi connectivity index (χ2n) is 4.92. The summed E-state index contributed by atoms with van der Waals surface area (Å²) in [5, 5.41) is 0. The Hall–Kier alpha value is -1.03. The van der Waals surface area contributed by atoms with Crippen molar-refractivity contribution in [3.8, 4) is 0 Å².